The van der Waals surface area contributed by atoms with Crippen molar-refractivity contribution in [3.05, 3.63) is 66.2 Å². The van der Waals surface area contributed by atoms with Crippen molar-refractivity contribution in [2.45, 2.75) is 6.54 Å². The van der Waals surface area contributed by atoms with Crippen LogP contribution in [0.5, 0.6) is 0 Å². The van der Waals surface area contributed by atoms with E-state index in [1.807, 2.05) is 43.6 Å². The lowest BCUT2D eigenvalue weighted by Gasteiger charge is -2.12. The van der Waals surface area contributed by atoms with Crippen LogP contribution in [-0.4, -0.2) is 12.0 Å². The second-order valence-corrected chi connectivity index (χ2v) is 4.73. The zero-order chi connectivity index (χ0) is 13.9. The molecule has 20 heavy (non-hydrogen) atoms. The average Bonchev–Trinajstić information content (AvgIpc) is 2.49. The van der Waals surface area contributed by atoms with E-state index < -0.39 is 0 Å². The number of aromatic nitrogens is 1. The molecule has 0 aliphatic carbocycles. The summed E-state index contributed by atoms with van der Waals surface area (Å²) in [6.07, 6.45) is 3.60. The molecule has 2 nitrogen and oxygen atoms in total. The van der Waals surface area contributed by atoms with Gasteiger partial charge in [-0.3, -0.25) is 4.98 Å². The van der Waals surface area contributed by atoms with E-state index in [2.05, 4.69) is 10.3 Å². The molecule has 0 saturated heterocycles. The maximum absolute atomic E-state index is 13.6. The molecule has 0 unspecified atom stereocenters. The average molecular weight is 266 g/mol. The molecule has 0 aliphatic rings. The molecule has 1 N–H and O–H groups in total. The topological polar surface area (TPSA) is 24.9 Å². The Kier molecular flexibility index (Phi) is 3.44. The van der Waals surface area contributed by atoms with E-state index in [0.29, 0.717) is 6.54 Å². The lowest BCUT2D eigenvalue weighted by atomic mass is 9.95. The molecule has 3 aromatic rings. The first-order valence-electron chi connectivity index (χ1n) is 6.56. The Hall–Kier alpha value is -2.26. The summed E-state index contributed by atoms with van der Waals surface area (Å²) in [5.74, 6) is -0.217. The maximum atomic E-state index is 13.6. The van der Waals surface area contributed by atoms with Gasteiger partial charge in [-0.05, 0) is 47.3 Å². The first-order valence-corrected chi connectivity index (χ1v) is 6.56. The highest BCUT2D eigenvalue weighted by molar-refractivity contribution is 5.96. The van der Waals surface area contributed by atoms with Gasteiger partial charge in [-0.1, -0.05) is 24.3 Å². The molecule has 1 aromatic heterocycles. The van der Waals surface area contributed by atoms with Crippen molar-refractivity contribution < 1.29 is 4.39 Å². The van der Waals surface area contributed by atoms with Crippen LogP contribution < -0.4 is 5.32 Å². The summed E-state index contributed by atoms with van der Waals surface area (Å²) in [7, 11) is 1.89. The minimum atomic E-state index is -0.217. The molecule has 100 valence electrons. The highest BCUT2D eigenvalue weighted by atomic mass is 19.1. The van der Waals surface area contributed by atoms with Crippen LogP contribution in [-0.2, 0) is 6.54 Å². The number of benzene rings is 2. The molecule has 0 amide bonds. The predicted molar refractivity (Wildman–Crippen MR) is 79.9 cm³/mol. The van der Waals surface area contributed by atoms with Crippen LogP contribution in [0.3, 0.4) is 0 Å². The van der Waals surface area contributed by atoms with Crippen LogP contribution >= 0.6 is 0 Å². The molecular formula is C17H15FN2. The molecule has 1 heterocycles. The highest BCUT2D eigenvalue weighted by Crippen LogP contribution is 2.31. The van der Waals surface area contributed by atoms with Crippen molar-refractivity contribution in [3.8, 4) is 11.1 Å². The highest BCUT2D eigenvalue weighted by Gasteiger charge is 2.09. The van der Waals surface area contributed by atoms with Crippen LogP contribution in [0.25, 0.3) is 21.9 Å². The molecule has 0 saturated carbocycles. The van der Waals surface area contributed by atoms with E-state index in [4.69, 9.17) is 0 Å². The maximum Gasteiger partial charge on any atom is 0.123 e. The van der Waals surface area contributed by atoms with Gasteiger partial charge < -0.3 is 5.32 Å². The summed E-state index contributed by atoms with van der Waals surface area (Å²) in [6.45, 7) is 0.705. The molecule has 3 heteroatoms. The number of fused-ring (bicyclic) bond motifs is 1. The SMILES string of the molecule is CNCc1ccc(F)cc1-c1cccc2cnccc12. The van der Waals surface area contributed by atoms with E-state index in [1.165, 1.54) is 6.07 Å². The lowest BCUT2D eigenvalue weighted by molar-refractivity contribution is 0.627. The Morgan fingerprint density at radius 1 is 1.10 bits per heavy atom. The number of nitrogens with zero attached hydrogens (tertiary/aromatic N) is 1. The van der Waals surface area contributed by atoms with Crippen molar-refractivity contribution >= 4 is 10.8 Å². The van der Waals surface area contributed by atoms with Crippen LogP contribution in [0.15, 0.2) is 54.9 Å². The van der Waals surface area contributed by atoms with Gasteiger partial charge in [0.05, 0.1) is 0 Å². The van der Waals surface area contributed by atoms with Gasteiger partial charge in [-0.2, -0.15) is 0 Å². The Bertz CT molecular complexity index is 748. The number of hydrogen-bond donors (Lipinski definition) is 1. The van der Waals surface area contributed by atoms with E-state index in [1.54, 1.807) is 12.3 Å². The third-order valence-corrected chi connectivity index (χ3v) is 3.41. The van der Waals surface area contributed by atoms with E-state index in [9.17, 15) is 4.39 Å². The Labute approximate surface area is 117 Å². The third kappa shape index (κ3) is 2.28. The zero-order valence-corrected chi connectivity index (χ0v) is 11.2. The molecule has 0 radical (unpaired) electrons. The van der Waals surface area contributed by atoms with E-state index in [0.717, 1.165) is 27.5 Å². The summed E-state index contributed by atoms with van der Waals surface area (Å²) in [5, 5.41) is 5.28. The minimum absolute atomic E-state index is 0.217. The fourth-order valence-electron chi connectivity index (χ4n) is 2.50. The fourth-order valence-corrected chi connectivity index (χ4v) is 2.50. The van der Waals surface area contributed by atoms with E-state index in [-0.39, 0.29) is 5.82 Å². The lowest BCUT2D eigenvalue weighted by Crippen LogP contribution is -2.06. The van der Waals surface area contributed by atoms with Gasteiger partial charge in [-0.15, -0.1) is 0 Å². The van der Waals surface area contributed by atoms with Crippen molar-refractivity contribution in [2.24, 2.45) is 0 Å². The first kappa shape index (κ1) is 12.8. The van der Waals surface area contributed by atoms with Crippen molar-refractivity contribution in [2.75, 3.05) is 7.05 Å². The summed E-state index contributed by atoms with van der Waals surface area (Å²) >= 11 is 0. The number of nitrogens with one attached hydrogen (secondary N) is 1. The normalized spacial score (nSPS) is 10.9. The molecular weight excluding hydrogens is 251 g/mol. The number of rotatable bonds is 3. The van der Waals surface area contributed by atoms with Crippen molar-refractivity contribution in [3.63, 3.8) is 0 Å². The Morgan fingerprint density at radius 2 is 2.00 bits per heavy atom. The second kappa shape index (κ2) is 5.39. The third-order valence-electron chi connectivity index (χ3n) is 3.41. The van der Waals surface area contributed by atoms with Gasteiger partial charge in [0.1, 0.15) is 5.82 Å². The summed E-state index contributed by atoms with van der Waals surface area (Å²) in [6, 6.07) is 12.9. The van der Waals surface area contributed by atoms with Gasteiger partial charge in [0.25, 0.3) is 0 Å². The van der Waals surface area contributed by atoms with Crippen LogP contribution in [0.2, 0.25) is 0 Å². The number of pyridine rings is 1. The Balaban J connectivity index is 2.27. The molecule has 0 spiro atoms. The molecule has 0 aliphatic heterocycles. The van der Waals surface area contributed by atoms with E-state index >= 15 is 0 Å². The molecule has 0 fully saturated rings. The van der Waals surface area contributed by atoms with Crippen molar-refractivity contribution in [1.29, 1.82) is 0 Å². The van der Waals surface area contributed by atoms with Crippen LogP contribution in [0.1, 0.15) is 5.56 Å². The summed E-state index contributed by atoms with van der Waals surface area (Å²) in [5.41, 5.74) is 3.05. The smallest absolute Gasteiger partial charge is 0.123 e. The largest absolute Gasteiger partial charge is 0.316 e. The quantitative estimate of drug-likeness (QED) is 0.780. The standard InChI is InChI=1S/C17H15FN2/c1-19-10-13-5-6-14(18)9-17(13)16-4-2-3-12-11-20-8-7-15(12)16/h2-9,11,19H,10H2,1H3. The summed E-state index contributed by atoms with van der Waals surface area (Å²) in [4.78, 5) is 4.14. The summed E-state index contributed by atoms with van der Waals surface area (Å²) < 4.78 is 13.6. The molecule has 0 atom stereocenters. The number of halogens is 1. The zero-order valence-electron chi connectivity index (χ0n) is 11.2. The van der Waals surface area contributed by atoms with Gasteiger partial charge in [0, 0.05) is 24.3 Å². The minimum Gasteiger partial charge on any atom is -0.316 e. The van der Waals surface area contributed by atoms with Crippen LogP contribution in [0.4, 0.5) is 4.39 Å². The second-order valence-electron chi connectivity index (χ2n) is 4.73. The predicted octanol–water partition coefficient (Wildman–Crippen LogP) is 3.76. The van der Waals surface area contributed by atoms with Crippen molar-refractivity contribution in [1.82, 2.24) is 10.3 Å². The van der Waals surface area contributed by atoms with Gasteiger partial charge in [0.2, 0.25) is 0 Å². The molecule has 0 bridgehead atoms. The first-order chi connectivity index (χ1) is 9.79. The monoisotopic (exact) mass is 266 g/mol. The molecule has 2 aromatic carbocycles. The van der Waals surface area contributed by atoms with Gasteiger partial charge in [0.15, 0.2) is 0 Å². The fraction of sp³-hybridized carbons (Fsp3) is 0.118. The number of hydrogen-bond acceptors (Lipinski definition) is 2. The Morgan fingerprint density at radius 3 is 2.85 bits per heavy atom. The molecule has 3 rings (SSSR count). The van der Waals surface area contributed by atoms with Crippen LogP contribution in [0, 0.1) is 5.82 Å². The van der Waals surface area contributed by atoms with Gasteiger partial charge in [-0.25, -0.2) is 4.39 Å². The van der Waals surface area contributed by atoms with Gasteiger partial charge >= 0.3 is 0 Å².